The van der Waals surface area contributed by atoms with Crippen LogP contribution in [0.25, 0.3) is 0 Å². The van der Waals surface area contributed by atoms with E-state index in [4.69, 9.17) is 0 Å². The number of carbonyl (C=O) groups is 1. The summed E-state index contributed by atoms with van der Waals surface area (Å²) in [6, 6.07) is 5.97. The predicted molar refractivity (Wildman–Crippen MR) is 87.1 cm³/mol. The van der Waals surface area contributed by atoms with Crippen LogP contribution in [0.4, 0.5) is 5.69 Å². The third-order valence-electron chi connectivity index (χ3n) is 3.10. The van der Waals surface area contributed by atoms with Crippen molar-refractivity contribution < 1.29 is 18.3 Å². The average molecular weight is 339 g/mol. The molecular formula is C15H21N3O4S. The van der Waals surface area contributed by atoms with Gasteiger partial charge >= 0.3 is 0 Å². The largest absolute Gasteiger partial charge is 0.510 e. The number of azo groups is 1. The quantitative estimate of drug-likeness (QED) is 0.468. The second-order valence-electron chi connectivity index (χ2n) is 4.78. The van der Waals surface area contributed by atoms with Gasteiger partial charge in [-0.15, -0.1) is 5.11 Å². The van der Waals surface area contributed by atoms with Crippen LogP contribution in [0.5, 0.6) is 0 Å². The third-order valence-corrected chi connectivity index (χ3v) is 5.15. The van der Waals surface area contributed by atoms with Gasteiger partial charge in [0.05, 0.1) is 10.6 Å². The Bertz CT molecular complexity index is 731. The number of Topliss-reactive ketones (excluding diaryl/α,β-unsaturated/α-hetero) is 1. The summed E-state index contributed by atoms with van der Waals surface area (Å²) >= 11 is 0. The zero-order valence-corrected chi connectivity index (χ0v) is 14.5. The summed E-state index contributed by atoms with van der Waals surface area (Å²) in [4.78, 5) is 11.4. The molecule has 0 amide bonds. The van der Waals surface area contributed by atoms with Gasteiger partial charge in [0.2, 0.25) is 10.0 Å². The van der Waals surface area contributed by atoms with Gasteiger partial charge in [0, 0.05) is 20.0 Å². The normalized spacial score (nSPS) is 13.4. The van der Waals surface area contributed by atoms with Crippen LogP contribution in [0, 0.1) is 0 Å². The molecule has 0 spiro atoms. The Morgan fingerprint density at radius 2 is 1.83 bits per heavy atom. The average Bonchev–Trinajstić information content (AvgIpc) is 2.48. The van der Waals surface area contributed by atoms with E-state index in [-0.39, 0.29) is 22.0 Å². The Morgan fingerprint density at radius 1 is 1.22 bits per heavy atom. The lowest BCUT2D eigenvalue weighted by molar-refractivity contribution is -0.113. The first-order valence-corrected chi connectivity index (χ1v) is 8.60. The van der Waals surface area contributed by atoms with Crippen molar-refractivity contribution in [2.75, 3.05) is 13.1 Å². The van der Waals surface area contributed by atoms with Crippen LogP contribution in [0.1, 0.15) is 27.7 Å². The van der Waals surface area contributed by atoms with Crippen molar-refractivity contribution >= 4 is 21.5 Å². The molecule has 126 valence electrons. The Morgan fingerprint density at radius 3 is 2.30 bits per heavy atom. The molecule has 1 rings (SSSR count). The highest BCUT2D eigenvalue weighted by Gasteiger charge is 2.21. The van der Waals surface area contributed by atoms with Gasteiger partial charge in [0.1, 0.15) is 5.76 Å². The topological polar surface area (TPSA) is 99.4 Å². The van der Waals surface area contributed by atoms with Crippen molar-refractivity contribution in [2.24, 2.45) is 10.2 Å². The molecule has 0 aliphatic rings. The van der Waals surface area contributed by atoms with Crippen LogP contribution in [0.15, 0.2) is 50.8 Å². The molecule has 23 heavy (non-hydrogen) atoms. The van der Waals surface area contributed by atoms with E-state index >= 15 is 0 Å². The standard InChI is InChI=1S/C15H21N3O4S/c1-5-18(6-2)23(21,22)14-9-7-8-13(10-14)16-17-15(11(3)19)12(4)20/h7-10,19H,5-6H2,1-4H3/b15-11-,17-16?. The van der Waals surface area contributed by atoms with Crippen LogP contribution < -0.4 is 0 Å². The SMILES string of the molecule is CCN(CC)S(=O)(=O)c1cccc(N=N/C(C(C)=O)=C(/C)O)c1. The van der Waals surface area contributed by atoms with Gasteiger partial charge < -0.3 is 5.11 Å². The summed E-state index contributed by atoms with van der Waals surface area (Å²) in [5, 5.41) is 16.9. The van der Waals surface area contributed by atoms with Crippen molar-refractivity contribution in [3.63, 3.8) is 0 Å². The summed E-state index contributed by atoms with van der Waals surface area (Å²) in [5.41, 5.74) is 0.111. The van der Waals surface area contributed by atoms with Gasteiger partial charge in [-0.25, -0.2) is 8.42 Å². The first-order chi connectivity index (χ1) is 10.7. The zero-order valence-electron chi connectivity index (χ0n) is 13.6. The van der Waals surface area contributed by atoms with Gasteiger partial charge in [-0.3, -0.25) is 4.79 Å². The molecule has 0 heterocycles. The van der Waals surface area contributed by atoms with Gasteiger partial charge in [0.25, 0.3) is 0 Å². The minimum Gasteiger partial charge on any atom is -0.510 e. The van der Waals surface area contributed by atoms with Crippen molar-refractivity contribution in [3.8, 4) is 0 Å². The molecule has 0 aromatic heterocycles. The van der Waals surface area contributed by atoms with E-state index in [1.54, 1.807) is 26.0 Å². The number of hydrogen-bond donors (Lipinski definition) is 1. The van der Waals surface area contributed by atoms with E-state index in [2.05, 4.69) is 10.2 Å². The summed E-state index contributed by atoms with van der Waals surface area (Å²) < 4.78 is 26.2. The Labute approximate surface area is 136 Å². The highest BCUT2D eigenvalue weighted by Crippen LogP contribution is 2.22. The molecule has 0 saturated heterocycles. The van der Waals surface area contributed by atoms with E-state index in [9.17, 15) is 18.3 Å². The molecule has 0 aliphatic carbocycles. The van der Waals surface area contributed by atoms with Gasteiger partial charge in [-0.2, -0.15) is 9.42 Å². The minimum atomic E-state index is -3.59. The summed E-state index contributed by atoms with van der Waals surface area (Å²) in [7, 11) is -3.59. The molecule has 0 radical (unpaired) electrons. The van der Waals surface area contributed by atoms with Crippen LogP contribution in [0.3, 0.4) is 0 Å². The Kier molecular flexibility index (Phi) is 6.59. The number of carbonyl (C=O) groups excluding carboxylic acids is 1. The maximum absolute atomic E-state index is 12.5. The molecule has 0 fully saturated rings. The number of hydrogen-bond acceptors (Lipinski definition) is 6. The second kappa shape index (κ2) is 7.98. The van der Waals surface area contributed by atoms with Gasteiger partial charge in [-0.05, 0) is 25.1 Å². The molecule has 1 aromatic rings. The number of nitrogens with zero attached hydrogens (tertiary/aromatic N) is 3. The summed E-state index contributed by atoms with van der Waals surface area (Å²) in [6.07, 6.45) is 0. The van der Waals surface area contributed by atoms with E-state index in [1.165, 1.54) is 30.3 Å². The number of benzene rings is 1. The lowest BCUT2D eigenvalue weighted by Crippen LogP contribution is -2.30. The fraction of sp³-hybridized carbons (Fsp3) is 0.400. The molecule has 0 unspecified atom stereocenters. The molecule has 7 nitrogen and oxygen atoms in total. The molecule has 0 bridgehead atoms. The Hall–Kier alpha value is -2.06. The smallest absolute Gasteiger partial charge is 0.243 e. The lowest BCUT2D eigenvalue weighted by atomic mass is 10.3. The zero-order chi connectivity index (χ0) is 17.6. The van der Waals surface area contributed by atoms with Crippen molar-refractivity contribution in [1.82, 2.24) is 4.31 Å². The number of rotatable bonds is 7. The van der Waals surface area contributed by atoms with E-state index in [0.717, 1.165) is 0 Å². The molecule has 0 saturated carbocycles. The highest BCUT2D eigenvalue weighted by atomic mass is 32.2. The fourth-order valence-electron chi connectivity index (χ4n) is 1.92. The fourth-order valence-corrected chi connectivity index (χ4v) is 3.42. The number of aliphatic hydroxyl groups excluding tert-OH is 1. The molecule has 8 heteroatoms. The highest BCUT2D eigenvalue weighted by molar-refractivity contribution is 7.89. The van der Waals surface area contributed by atoms with Crippen molar-refractivity contribution in [3.05, 3.63) is 35.7 Å². The monoisotopic (exact) mass is 339 g/mol. The first kappa shape index (κ1) is 19.0. The number of aliphatic hydroxyl groups is 1. The van der Waals surface area contributed by atoms with Gasteiger partial charge in [-0.1, -0.05) is 19.9 Å². The number of allylic oxidation sites excluding steroid dienone is 2. The van der Waals surface area contributed by atoms with E-state index in [0.29, 0.717) is 13.1 Å². The van der Waals surface area contributed by atoms with Crippen LogP contribution >= 0.6 is 0 Å². The molecule has 1 aromatic carbocycles. The maximum Gasteiger partial charge on any atom is 0.243 e. The van der Waals surface area contributed by atoms with Crippen LogP contribution in [0.2, 0.25) is 0 Å². The van der Waals surface area contributed by atoms with Crippen LogP contribution in [-0.4, -0.2) is 36.7 Å². The molecular weight excluding hydrogens is 318 g/mol. The molecule has 0 aliphatic heterocycles. The third kappa shape index (κ3) is 4.70. The summed E-state index contributed by atoms with van der Waals surface area (Å²) in [5.74, 6) is -0.672. The van der Waals surface area contributed by atoms with E-state index in [1.807, 2.05) is 0 Å². The number of ketones is 1. The van der Waals surface area contributed by atoms with E-state index < -0.39 is 15.8 Å². The summed E-state index contributed by atoms with van der Waals surface area (Å²) in [6.45, 7) is 6.85. The van der Waals surface area contributed by atoms with Gasteiger partial charge in [0.15, 0.2) is 11.5 Å². The predicted octanol–water partition coefficient (Wildman–Crippen LogP) is 3.18. The Balaban J connectivity index is 3.21. The molecule has 1 N–H and O–H groups in total. The minimum absolute atomic E-state index is 0.103. The number of sulfonamides is 1. The van der Waals surface area contributed by atoms with Crippen LogP contribution in [-0.2, 0) is 14.8 Å². The maximum atomic E-state index is 12.5. The van der Waals surface area contributed by atoms with Crippen molar-refractivity contribution in [2.45, 2.75) is 32.6 Å². The molecule has 0 atom stereocenters. The lowest BCUT2D eigenvalue weighted by Gasteiger charge is -2.18. The second-order valence-corrected chi connectivity index (χ2v) is 6.71. The van der Waals surface area contributed by atoms with Crippen molar-refractivity contribution in [1.29, 1.82) is 0 Å². The first-order valence-electron chi connectivity index (χ1n) is 7.16.